The first-order chi connectivity index (χ1) is 15.3. The number of hydrogen-bond acceptors (Lipinski definition) is 5. The monoisotopic (exact) mass is 412 g/mol. The van der Waals surface area contributed by atoms with E-state index in [1.165, 1.54) is 32.1 Å². The molecular weight excluding hydrogens is 388 g/mol. The van der Waals surface area contributed by atoms with Gasteiger partial charge >= 0.3 is 0 Å². The van der Waals surface area contributed by atoms with Gasteiger partial charge in [0.1, 0.15) is 0 Å². The zero-order valence-electron chi connectivity index (χ0n) is 17.2. The Morgan fingerprint density at radius 1 is 0.903 bits per heavy atom. The van der Waals surface area contributed by atoms with Crippen molar-refractivity contribution < 1.29 is 4.79 Å². The maximum absolute atomic E-state index is 12.4. The number of carbonyl (C=O) groups is 1. The highest BCUT2D eigenvalue weighted by Crippen LogP contribution is 2.27. The van der Waals surface area contributed by atoms with Crippen LogP contribution in [0, 0.1) is 5.92 Å². The molecule has 4 aromatic rings. The lowest BCUT2D eigenvalue weighted by atomic mass is 9.87. The van der Waals surface area contributed by atoms with Gasteiger partial charge in [-0.15, -0.1) is 10.2 Å². The van der Waals surface area contributed by atoms with Crippen molar-refractivity contribution in [3.8, 4) is 22.6 Å². The van der Waals surface area contributed by atoms with E-state index in [1.54, 1.807) is 16.9 Å². The van der Waals surface area contributed by atoms with Gasteiger partial charge in [0.15, 0.2) is 11.5 Å². The Hall–Kier alpha value is -3.61. The van der Waals surface area contributed by atoms with Crippen LogP contribution in [0.1, 0.15) is 38.5 Å². The third-order valence-electron chi connectivity index (χ3n) is 5.86. The summed E-state index contributed by atoms with van der Waals surface area (Å²) in [4.78, 5) is 16.4. The van der Waals surface area contributed by atoms with Crippen molar-refractivity contribution in [2.75, 3.05) is 5.32 Å². The summed E-state index contributed by atoms with van der Waals surface area (Å²) in [5.41, 5.74) is 4.17. The average Bonchev–Trinajstić information content (AvgIpc) is 3.24. The molecule has 1 fully saturated rings. The normalized spacial score (nSPS) is 14.6. The minimum absolute atomic E-state index is 0.102. The van der Waals surface area contributed by atoms with E-state index < -0.39 is 0 Å². The first-order valence-electron chi connectivity index (χ1n) is 10.8. The third-order valence-corrected chi connectivity index (χ3v) is 5.86. The van der Waals surface area contributed by atoms with Crippen LogP contribution in [-0.2, 0) is 4.79 Å². The summed E-state index contributed by atoms with van der Waals surface area (Å²) in [5, 5.41) is 16.2. The number of benzene rings is 1. The van der Waals surface area contributed by atoms with E-state index >= 15 is 0 Å². The molecule has 0 unspecified atom stereocenters. The van der Waals surface area contributed by atoms with Gasteiger partial charge in [0.25, 0.3) is 0 Å². The maximum Gasteiger partial charge on any atom is 0.224 e. The van der Waals surface area contributed by atoms with E-state index in [4.69, 9.17) is 5.10 Å². The minimum atomic E-state index is 0.102. The summed E-state index contributed by atoms with van der Waals surface area (Å²) in [7, 11) is 0. The van der Waals surface area contributed by atoms with Gasteiger partial charge in [-0.05, 0) is 55.2 Å². The predicted octanol–water partition coefficient (Wildman–Crippen LogP) is 4.76. The molecule has 3 aromatic heterocycles. The molecule has 0 saturated heterocycles. The zero-order chi connectivity index (χ0) is 21.0. The van der Waals surface area contributed by atoms with E-state index in [9.17, 15) is 4.79 Å². The zero-order valence-corrected chi connectivity index (χ0v) is 17.2. The van der Waals surface area contributed by atoms with E-state index in [2.05, 4.69) is 20.5 Å². The van der Waals surface area contributed by atoms with Crippen LogP contribution in [0.5, 0.6) is 0 Å². The quantitative estimate of drug-likeness (QED) is 0.511. The molecule has 1 N–H and O–H groups in total. The number of pyridine rings is 1. The Balaban J connectivity index is 1.33. The molecule has 5 rings (SSSR count). The molecule has 1 saturated carbocycles. The number of fused-ring (bicyclic) bond motifs is 1. The highest BCUT2D eigenvalue weighted by molar-refractivity contribution is 5.91. The number of rotatable bonds is 5. The van der Waals surface area contributed by atoms with E-state index in [0.717, 1.165) is 22.5 Å². The summed E-state index contributed by atoms with van der Waals surface area (Å²) in [6.07, 6.45) is 10.2. The third kappa shape index (κ3) is 4.30. The molecule has 0 bridgehead atoms. The average molecular weight is 412 g/mol. The Bertz CT molecular complexity index is 1180. The fourth-order valence-corrected chi connectivity index (χ4v) is 4.21. The lowest BCUT2D eigenvalue weighted by Crippen LogP contribution is -2.18. The van der Waals surface area contributed by atoms with Gasteiger partial charge in [0.2, 0.25) is 5.91 Å². The number of amides is 1. The molecule has 1 aliphatic rings. The molecule has 7 nitrogen and oxygen atoms in total. The molecule has 7 heteroatoms. The standard InChI is InChI=1S/C24H24N6O/c31-23(16-17-4-2-1-3-5-17)26-20-8-6-18(7-9-20)21-10-11-22-27-28-24(30(22)29-21)19-12-14-25-15-13-19/h6-15,17H,1-5,16H2,(H,26,31). The Labute approximate surface area is 180 Å². The van der Waals surface area contributed by atoms with Gasteiger partial charge in [-0.3, -0.25) is 9.78 Å². The van der Waals surface area contributed by atoms with Gasteiger partial charge in [0, 0.05) is 35.6 Å². The number of nitrogens with one attached hydrogen (secondary N) is 1. The van der Waals surface area contributed by atoms with Crippen LogP contribution >= 0.6 is 0 Å². The SMILES string of the molecule is O=C(CC1CCCCC1)Nc1ccc(-c2ccc3nnc(-c4ccncc4)n3n2)cc1. The molecule has 0 aliphatic heterocycles. The number of carbonyl (C=O) groups excluding carboxylic acids is 1. The number of anilines is 1. The second-order valence-corrected chi connectivity index (χ2v) is 8.08. The lowest BCUT2D eigenvalue weighted by molar-refractivity contribution is -0.117. The summed E-state index contributed by atoms with van der Waals surface area (Å²) >= 11 is 0. The Morgan fingerprint density at radius 3 is 2.45 bits per heavy atom. The summed E-state index contributed by atoms with van der Waals surface area (Å²) in [6, 6.07) is 15.4. The van der Waals surface area contributed by atoms with Crippen LogP contribution in [0.4, 0.5) is 5.69 Å². The fourth-order valence-electron chi connectivity index (χ4n) is 4.21. The van der Waals surface area contributed by atoms with Crippen molar-refractivity contribution in [2.45, 2.75) is 38.5 Å². The lowest BCUT2D eigenvalue weighted by Gasteiger charge is -2.20. The van der Waals surface area contributed by atoms with Gasteiger partial charge in [-0.1, -0.05) is 31.4 Å². The van der Waals surface area contributed by atoms with Crippen LogP contribution in [0.2, 0.25) is 0 Å². The van der Waals surface area contributed by atoms with Crippen LogP contribution in [0.15, 0.2) is 60.9 Å². The highest BCUT2D eigenvalue weighted by atomic mass is 16.1. The Morgan fingerprint density at radius 2 is 1.68 bits per heavy atom. The summed E-state index contributed by atoms with van der Waals surface area (Å²) in [5.74, 6) is 1.30. The first-order valence-corrected chi connectivity index (χ1v) is 10.8. The number of nitrogens with zero attached hydrogens (tertiary/aromatic N) is 5. The smallest absolute Gasteiger partial charge is 0.224 e. The van der Waals surface area contributed by atoms with E-state index in [0.29, 0.717) is 23.8 Å². The molecule has 1 amide bonds. The van der Waals surface area contributed by atoms with Crippen molar-refractivity contribution in [1.29, 1.82) is 0 Å². The molecule has 0 atom stereocenters. The minimum Gasteiger partial charge on any atom is -0.326 e. The van der Waals surface area contributed by atoms with Crippen molar-refractivity contribution in [2.24, 2.45) is 5.92 Å². The second kappa shape index (κ2) is 8.63. The predicted molar refractivity (Wildman–Crippen MR) is 119 cm³/mol. The van der Waals surface area contributed by atoms with Crippen LogP contribution in [-0.4, -0.2) is 30.7 Å². The topological polar surface area (TPSA) is 85.1 Å². The number of hydrogen-bond donors (Lipinski definition) is 1. The maximum atomic E-state index is 12.4. The highest BCUT2D eigenvalue weighted by Gasteiger charge is 2.17. The van der Waals surface area contributed by atoms with Crippen LogP contribution < -0.4 is 5.32 Å². The van der Waals surface area contributed by atoms with E-state index in [1.807, 2.05) is 48.5 Å². The van der Waals surface area contributed by atoms with Crippen molar-refractivity contribution >= 4 is 17.2 Å². The molecule has 3 heterocycles. The van der Waals surface area contributed by atoms with Gasteiger partial charge in [0.05, 0.1) is 5.69 Å². The van der Waals surface area contributed by atoms with Crippen molar-refractivity contribution in [3.63, 3.8) is 0 Å². The molecule has 0 radical (unpaired) electrons. The molecule has 31 heavy (non-hydrogen) atoms. The van der Waals surface area contributed by atoms with Gasteiger partial charge < -0.3 is 5.32 Å². The van der Waals surface area contributed by atoms with Crippen LogP contribution in [0.25, 0.3) is 28.3 Å². The largest absolute Gasteiger partial charge is 0.326 e. The first kappa shape index (κ1) is 19.4. The summed E-state index contributed by atoms with van der Waals surface area (Å²) in [6.45, 7) is 0. The second-order valence-electron chi connectivity index (χ2n) is 8.08. The Kier molecular flexibility index (Phi) is 5.39. The molecule has 156 valence electrons. The van der Waals surface area contributed by atoms with Gasteiger partial charge in [-0.25, -0.2) is 0 Å². The van der Waals surface area contributed by atoms with Gasteiger partial charge in [-0.2, -0.15) is 9.61 Å². The fraction of sp³-hybridized carbons (Fsp3) is 0.292. The van der Waals surface area contributed by atoms with E-state index in [-0.39, 0.29) is 5.91 Å². The molecular formula is C24H24N6O. The molecule has 1 aromatic carbocycles. The molecule has 1 aliphatic carbocycles. The molecule has 0 spiro atoms. The van der Waals surface area contributed by atoms with Crippen molar-refractivity contribution in [1.82, 2.24) is 24.8 Å². The van der Waals surface area contributed by atoms with Crippen molar-refractivity contribution in [3.05, 3.63) is 60.9 Å². The number of aromatic nitrogens is 5. The van der Waals surface area contributed by atoms with Crippen LogP contribution in [0.3, 0.4) is 0 Å². The summed E-state index contributed by atoms with van der Waals surface area (Å²) < 4.78 is 1.74.